The number of allylic oxidation sites excluding steroid dienone is 2. The maximum Gasteiger partial charge on any atom is 0.143 e. The van der Waals surface area contributed by atoms with Crippen molar-refractivity contribution in [2.45, 2.75) is 37.1 Å². The smallest absolute Gasteiger partial charge is 0.143 e. The number of rotatable bonds is 6. The van der Waals surface area contributed by atoms with Gasteiger partial charge in [-0.1, -0.05) is 196 Å². The summed E-state index contributed by atoms with van der Waals surface area (Å²) in [7, 11) is 0. The van der Waals surface area contributed by atoms with Gasteiger partial charge in [-0.15, -0.1) is 0 Å². The highest BCUT2D eigenvalue weighted by Gasteiger charge is 2.47. The first-order chi connectivity index (χ1) is 31.5. The number of hydrogen-bond donors (Lipinski definition) is 0. The molecule has 3 aliphatic rings. The van der Waals surface area contributed by atoms with Crippen molar-refractivity contribution in [2.24, 2.45) is 0 Å². The molecular formula is C62H45NO. The molecule has 13 rings (SSSR count). The molecule has 0 saturated carbocycles. The zero-order valence-corrected chi connectivity index (χ0v) is 35.9. The number of benzene rings is 9. The second kappa shape index (κ2) is 13.9. The molecule has 2 nitrogen and oxygen atoms in total. The summed E-state index contributed by atoms with van der Waals surface area (Å²) in [6.45, 7) is 4.83. The Morgan fingerprint density at radius 1 is 0.484 bits per heavy atom. The Labute approximate surface area is 374 Å². The highest BCUT2D eigenvalue weighted by Crippen LogP contribution is 2.58. The lowest BCUT2D eigenvalue weighted by Gasteiger charge is -2.38. The molecule has 0 spiro atoms. The van der Waals surface area contributed by atoms with Crippen LogP contribution in [0.3, 0.4) is 0 Å². The highest BCUT2D eigenvalue weighted by atomic mass is 16.3. The molecule has 3 aliphatic carbocycles. The van der Waals surface area contributed by atoms with E-state index in [1.165, 1.54) is 66.4 Å². The van der Waals surface area contributed by atoms with Gasteiger partial charge in [0.1, 0.15) is 11.2 Å². The minimum absolute atomic E-state index is 0.0251. The van der Waals surface area contributed by atoms with E-state index in [9.17, 15) is 0 Å². The van der Waals surface area contributed by atoms with E-state index in [1.54, 1.807) is 0 Å². The van der Waals surface area contributed by atoms with Crippen LogP contribution in [-0.4, -0.2) is 6.04 Å². The van der Waals surface area contributed by atoms with Gasteiger partial charge >= 0.3 is 0 Å². The molecule has 0 radical (unpaired) electrons. The van der Waals surface area contributed by atoms with Gasteiger partial charge in [0.2, 0.25) is 0 Å². The Bertz CT molecular complexity index is 3510. The number of nitrogens with zero attached hydrogens (tertiary/aromatic N) is 1. The van der Waals surface area contributed by atoms with Crippen molar-refractivity contribution in [1.29, 1.82) is 0 Å². The first-order valence-corrected chi connectivity index (χ1v) is 22.6. The fraction of sp³-hybridized carbons (Fsp3) is 0.0968. The molecule has 0 saturated heterocycles. The maximum absolute atomic E-state index is 6.93. The van der Waals surface area contributed by atoms with Gasteiger partial charge in [-0.3, -0.25) is 0 Å². The van der Waals surface area contributed by atoms with Crippen molar-refractivity contribution in [3.63, 3.8) is 0 Å². The van der Waals surface area contributed by atoms with Crippen LogP contribution in [0.5, 0.6) is 0 Å². The topological polar surface area (TPSA) is 16.4 Å². The minimum atomic E-state index is -0.524. The van der Waals surface area contributed by atoms with Gasteiger partial charge in [0.25, 0.3) is 0 Å². The lowest BCUT2D eigenvalue weighted by molar-refractivity contribution is 0.585. The molecule has 1 unspecified atom stereocenters. The summed E-state index contributed by atoms with van der Waals surface area (Å²) in [6.07, 6.45) is 5.78. The third-order valence-electron chi connectivity index (χ3n) is 14.7. The van der Waals surface area contributed by atoms with Gasteiger partial charge in [0.05, 0.1) is 11.5 Å². The number of hydrogen-bond acceptors (Lipinski definition) is 2. The van der Waals surface area contributed by atoms with Crippen LogP contribution in [0.25, 0.3) is 60.5 Å². The van der Waals surface area contributed by atoms with Crippen LogP contribution in [0.4, 0.5) is 11.4 Å². The summed E-state index contributed by atoms with van der Waals surface area (Å²) in [5.74, 6) is 0. The van der Waals surface area contributed by atoms with Crippen LogP contribution in [0.1, 0.15) is 53.6 Å². The van der Waals surface area contributed by atoms with Crippen LogP contribution in [-0.2, 0) is 10.8 Å². The highest BCUT2D eigenvalue weighted by molar-refractivity contribution is 6.14. The first kappa shape index (κ1) is 36.9. The molecule has 1 atom stereocenters. The fourth-order valence-corrected chi connectivity index (χ4v) is 11.8. The van der Waals surface area contributed by atoms with Crippen LogP contribution in [0.15, 0.2) is 228 Å². The minimum Gasteiger partial charge on any atom is -0.455 e. The molecule has 304 valence electrons. The standard InChI is InChI=1S/C62H45NO/c1-61(2)55-28-16-14-26-48(55)50-32-30-45(38-57(50)61)63(47-36-52(40-18-6-3-7-19-40)60-54(37-47)53-34-41-20-12-13-21-42(41)35-59(53)64-60)46-31-33-51-49-27-15-17-29-56(49)62(58(51)39-46,43-22-8-4-9-23-43)44-24-10-5-11-25-44/h3-37,39,45H,38H2,1-2H3. The average molecular weight is 820 g/mol. The molecule has 9 aromatic carbocycles. The quantitative estimate of drug-likeness (QED) is 0.166. The van der Waals surface area contributed by atoms with Crippen LogP contribution in [0, 0.1) is 0 Å². The molecule has 64 heavy (non-hydrogen) atoms. The van der Waals surface area contributed by atoms with Crippen molar-refractivity contribution in [2.75, 3.05) is 4.90 Å². The van der Waals surface area contributed by atoms with Crippen molar-refractivity contribution in [3.05, 3.63) is 257 Å². The predicted octanol–water partition coefficient (Wildman–Crippen LogP) is 16.0. The molecule has 0 bridgehead atoms. The van der Waals surface area contributed by atoms with E-state index in [1.807, 2.05) is 0 Å². The van der Waals surface area contributed by atoms with Gasteiger partial charge in [0, 0.05) is 33.1 Å². The average Bonchev–Trinajstić information content (AvgIpc) is 3.94. The van der Waals surface area contributed by atoms with E-state index in [-0.39, 0.29) is 11.5 Å². The molecule has 2 heteroatoms. The van der Waals surface area contributed by atoms with Crippen molar-refractivity contribution < 1.29 is 4.42 Å². The van der Waals surface area contributed by atoms with Gasteiger partial charge in [0.15, 0.2) is 0 Å². The number of furan rings is 1. The zero-order valence-electron chi connectivity index (χ0n) is 35.9. The second-order valence-corrected chi connectivity index (χ2v) is 18.4. The maximum atomic E-state index is 6.93. The van der Waals surface area contributed by atoms with E-state index in [4.69, 9.17) is 4.42 Å². The Morgan fingerprint density at radius 2 is 1.09 bits per heavy atom. The number of anilines is 2. The predicted molar refractivity (Wildman–Crippen MR) is 266 cm³/mol. The molecule has 0 fully saturated rings. The Balaban J connectivity index is 1.09. The van der Waals surface area contributed by atoms with Gasteiger partial charge < -0.3 is 9.32 Å². The van der Waals surface area contributed by atoms with Crippen molar-refractivity contribution >= 4 is 49.7 Å². The van der Waals surface area contributed by atoms with E-state index in [0.29, 0.717) is 0 Å². The third-order valence-corrected chi connectivity index (χ3v) is 14.7. The van der Waals surface area contributed by atoms with Crippen LogP contribution >= 0.6 is 0 Å². The van der Waals surface area contributed by atoms with E-state index >= 15 is 0 Å². The summed E-state index contributed by atoms with van der Waals surface area (Å²) in [5, 5.41) is 4.62. The van der Waals surface area contributed by atoms with Crippen LogP contribution < -0.4 is 4.90 Å². The molecule has 0 amide bonds. The largest absolute Gasteiger partial charge is 0.455 e. The fourth-order valence-electron chi connectivity index (χ4n) is 11.8. The SMILES string of the molecule is CC1(C)C2=C(C=CC(N(c3ccc4c(c3)C(c3ccccc3)(c3ccccc3)c3ccccc3-4)c3cc(-c4ccccc4)c4oc5cc6ccccc6cc5c4c3)C2)c2ccccc21. The molecule has 10 aromatic rings. The normalized spacial score (nSPS) is 16.5. The Kier molecular flexibility index (Phi) is 8.03. The molecular weight excluding hydrogens is 775 g/mol. The Morgan fingerprint density at radius 3 is 1.83 bits per heavy atom. The molecule has 0 N–H and O–H groups in total. The summed E-state index contributed by atoms with van der Waals surface area (Å²) in [4.78, 5) is 2.63. The van der Waals surface area contributed by atoms with Gasteiger partial charge in [-0.2, -0.15) is 0 Å². The van der Waals surface area contributed by atoms with Gasteiger partial charge in [-0.25, -0.2) is 0 Å². The van der Waals surface area contributed by atoms with Crippen molar-refractivity contribution in [1.82, 2.24) is 0 Å². The van der Waals surface area contributed by atoms with E-state index < -0.39 is 5.41 Å². The third kappa shape index (κ3) is 5.26. The summed E-state index contributed by atoms with van der Waals surface area (Å²) < 4.78 is 6.93. The number of fused-ring (bicyclic) bond motifs is 9. The monoisotopic (exact) mass is 819 g/mol. The van der Waals surface area contributed by atoms with Gasteiger partial charge in [-0.05, 0) is 115 Å². The lowest BCUT2D eigenvalue weighted by Crippen LogP contribution is -2.34. The second-order valence-electron chi connectivity index (χ2n) is 18.4. The summed E-state index contributed by atoms with van der Waals surface area (Å²) >= 11 is 0. The zero-order chi connectivity index (χ0) is 42.6. The summed E-state index contributed by atoms with van der Waals surface area (Å²) in [6, 6.07) is 76.3. The molecule has 0 aliphatic heterocycles. The van der Waals surface area contributed by atoms with E-state index in [0.717, 1.165) is 50.9 Å². The van der Waals surface area contributed by atoms with Crippen molar-refractivity contribution in [3.8, 4) is 22.3 Å². The molecule has 1 heterocycles. The Hall–Kier alpha value is -7.68. The molecule has 1 aromatic heterocycles. The summed E-state index contributed by atoms with van der Waals surface area (Å²) in [5.41, 5.74) is 19.0. The first-order valence-electron chi connectivity index (χ1n) is 22.6. The van der Waals surface area contributed by atoms with Crippen LogP contribution in [0.2, 0.25) is 0 Å². The lowest BCUT2D eigenvalue weighted by atomic mass is 9.67. The van der Waals surface area contributed by atoms with E-state index in [2.05, 4.69) is 237 Å².